The third-order valence-electron chi connectivity index (χ3n) is 7.07. The van der Waals surface area contributed by atoms with Crippen molar-refractivity contribution in [3.05, 3.63) is 59.7 Å². The first-order chi connectivity index (χ1) is 15.6. The fourth-order valence-electron chi connectivity index (χ4n) is 5.00. The fraction of sp³-hybridized carbons (Fsp3) is 0.533. The van der Waals surface area contributed by atoms with E-state index in [1.807, 2.05) is 31.2 Å². The Morgan fingerprint density at radius 3 is 2.03 bits per heavy atom. The van der Waals surface area contributed by atoms with Gasteiger partial charge in [0.1, 0.15) is 5.78 Å². The molecule has 2 aromatic carbocycles. The summed E-state index contributed by atoms with van der Waals surface area (Å²) in [5.74, 6) is 1.36. The van der Waals surface area contributed by atoms with Crippen LogP contribution in [-0.4, -0.2) is 11.6 Å². The van der Waals surface area contributed by atoms with Gasteiger partial charge in [0.05, 0.1) is 0 Å². The van der Waals surface area contributed by atoms with Crippen LogP contribution in [0.25, 0.3) is 11.1 Å². The maximum absolute atomic E-state index is 12.7. The van der Waals surface area contributed by atoms with E-state index in [1.54, 1.807) is 0 Å². The second kappa shape index (κ2) is 12.7. The zero-order chi connectivity index (χ0) is 22.8. The van der Waals surface area contributed by atoms with Crippen LogP contribution >= 0.6 is 0 Å². The van der Waals surface area contributed by atoms with Gasteiger partial charge in [-0.2, -0.15) is 0 Å². The average Bonchev–Trinajstić information content (AvgIpc) is 2.82. The van der Waals surface area contributed by atoms with Crippen LogP contribution in [0, 0.1) is 5.92 Å². The van der Waals surface area contributed by atoms with Crippen molar-refractivity contribution in [1.82, 2.24) is 0 Å². The van der Waals surface area contributed by atoms with Gasteiger partial charge < -0.3 is 0 Å². The van der Waals surface area contributed by atoms with Gasteiger partial charge in [-0.05, 0) is 48.3 Å². The van der Waals surface area contributed by atoms with Gasteiger partial charge in [-0.25, -0.2) is 0 Å². The van der Waals surface area contributed by atoms with E-state index in [9.17, 15) is 9.59 Å². The molecule has 0 aliphatic heterocycles. The number of ketones is 2. The van der Waals surface area contributed by atoms with Crippen LogP contribution in [0.15, 0.2) is 48.5 Å². The predicted molar refractivity (Wildman–Crippen MR) is 134 cm³/mol. The number of unbranched alkanes of at least 4 members (excludes halogenated alkanes) is 5. The number of carbonyl (C=O) groups is 2. The van der Waals surface area contributed by atoms with E-state index in [4.69, 9.17) is 0 Å². The lowest BCUT2D eigenvalue weighted by molar-refractivity contribution is -0.125. The van der Waals surface area contributed by atoms with Crippen molar-refractivity contribution in [3.63, 3.8) is 0 Å². The Balaban J connectivity index is 1.50. The first-order valence-electron chi connectivity index (χ1n) is 12.9. The largest absolute Gasteiger partial charge is 0.299 e. The standard InChI is InChI=1S/C30H40O2/c1-3-5-6-7-8-9-11-26-20-21-28(22-30(26)32)25-14-12-23(13-15-25)24-16-18-27(19-17-24)29(31)10-4-2/h12-19,26,28H,3-11,20-22H2,1-2H3/t26-,28-/m0/s1. The lowest BCUT2D eigenvalue weighted by Crippen LogP contribution is -2.24. The van der Waals surface area contributed by atoms with E-state index >= 15 is 0 Å². The molecule has 0 amide bonds. The first kappa shape index (κ1) is 24.4. The summed E-state index contributed by atoms with van der Waals surface area (Å²) in [6, 6.07) is 16.6. The van der Waals surface area contributed by atoms with Gasteiger partial charge >= 0.3 is 0 Å². The van der Waals surface area contributed by atoms with Crippen LogP contribution in [0.3, 0.4) is 0 Å². The van der Waals surface area contributed by atoms with Gasteiger partial charge in [-0.1, -0.05) is 101 Å². The topological polar surface area (TPSA) is 34.1 Å². The molecule has 0 heterocycles. The minimum Gasteiger partial charge on any atom is -0.299 e. The van der Waals surface area contributed by atoms with Crippen LogP contribution in [0.1, 0.15) is 113 Å². The van der Waals surface area contributed by atoms with E-state index in [0.717, 1.165) is 42.4 Å². The number of benzene rings is 2. The van der Waals surface area contributed by atoms with E-state index in [-0.39, 0.29) is 5.78 Å². The summed E-state index contributed by atoms with van der Waals surface area (Å²) < 4.78 is 0. The molecule has 2 heteroatoms. The van der Waals surface area contributed by atoms with E-state index in [0.29, 0.717) is 30.5 Å². The van der Waals surface area contributed by atoms with Crippen LogP contribution in [0.5, 0.6) is 0 Å². The molecule has 1 fully saturated rings. The van der Waals surface area contributed by atoms with Crippen molar-refractivity contribution >= 4 is 11.6 Å². The lowest BCUT2D eigenvalue weighted by atomic mass is 9.76. The Hall–Kier alpha value is -2.22. The molecule has 172 valence electrons. The highest BCUT2D eigenvalue weighted by molar-refractivity contribution is 5.96. The zero-order valence-corrected chi connectivity index (χ0v) is 20.1. The SMILES string of the molecule is CCCCCCCC[C@H]1CC[C@H](c2ccc(-c3ccc(C(=O)CCC)cc3)cc2)CC1=O. The highest BCUT2D eigenvalue weighted by Gasteiger charge is 2.28. The van der Waals surface area contributed by atoms with Gasteiger partial charge in [0, 0.05) is 24.3 Å². The fourth-order valence-corrected chi connectivity index (χ4v) is 5.00. The summed E-state index contributed by atoms with van der Waals surface area (Å²) in [5.41, 5.74) is 4.37. The summed E-state index contributed by atoms with van der Waals surface area (Å²) in [6.45, 7) is 4.28. The maximum atomic E-state index is 12.7. The minimum atomic E-state index is 0.214. The number of hydrogen-bond donors (Lipinski definition) is 0. The molecule has 1 aliphatic carbocycles. The molecule has 32 heavy (non-hydrogen) atoms. The number of carbonyl (C=O) groups excluding carboxylic acids is 2. The maximum Gasteiger partial charge on any atom is 0.162 e. The molecule has 2 nitrogen and oxygen atoms in total. The Morgan fingerprint density at radius 1 is 0.781 bits per heavy atom. The molecule has 0 bridgehead atoms. The summed E-state index contributed by atoms with van der Waals surface area (Å²) >= 11 is 0. The van der Waals surface area contributed by atoms with Gasteiger partial charge in [-0.15, -0.1) is 0 Å². The van der Waals surface area contributed by atoms with Crippen LogP contribution < -0.4 is 0 Å². The monoisotopic (exact) mass is 432 g/mol. The number of rotatable bonds is 12. The van der Waals surface area contributed by atoms with Crippen molar-refractivity contribution in [2.24, 2.45) is 5.92 Å². The lowest BCUT2D eigenvalue weighted by Gasteiger charge is -2.28. The molecular weight excluding hydrogens is 392 g/mol. The van der Waals surface area contributed by atoms with Crippen LogP contribution in [0.4, 0.5) is 0 Å². The molecule has 0 aromatic heterocycles. The number of Topliss-reactive ketones (excluding diaryl/α,β-unsaturated/α-hetero) is 2. The molecule has 0 N–H and O–H groups in total. The highest BCUT2D eigenvalue weighted by atomic mass is 16.1. The highest BCUT2D eigenvalue weighted by Crippen LogP contribution is 2.36. The minimum absolute atomic E-state index is 0.214. The summed E-state index contributed by atoms with van der Waals surface area (Å²) in [7, 11) is 0. The van der Waals surface area contributed by atoms with E-state index in [2.05, 4.69) is 31.2 Å². The normalized spacial score (nSPS) is 18.6. The second-order valence-electron chi connectivity index (χ2n) is 9.57. The van der Waals surface area contributed by atoms with Crippen LogP contribution in [0.2, 0.25) is 0 Å². The molecule has 3 rings (SSSR count). The van der Waals surface area contributed by atoms with Gasteiger partial charge in [0.15, 0.2) is 5.78 Å². The van der Waals surface area contributed by atoms with Crippen molar-refractivity contribution in [2.75, 3.05) is 0 Å². The Kier molecular flexibility index (Phi) is 9.71. The Bertz CT molecular complexity index is 847. The smallest absolute Gasteiger partial charge is 0.162 e. The van der Waals surface area contributed by atoms with Gasteiger partial charge in [0.2, 0.25) is 0 Å². The number of hydrogen-bond acceptors (Lipinski definition) is 2. The summed E-state index contributed by atoms with van der Waals surface area (Å²) in [6.07, 6.45) is 13.2. The first-order valence-corrected chi connectivity index (χ1v) is 12.9. The zero-order valence-electron chi connectivity index (χ0n) is 20.1. The molecule has 2 atom stereocenters. The second-order valence-corrected chi connectivity index (χ2v) is 9.57. The average molecular weight is 433 g/mol. The van der Waals surface area contributed by atoms with Crippen molar-refractivity contribution in [3.8, 4) is 11.1 Å². The molecule has 1 aliphatic rings. The summed E-state index contributed by atoms with van der Waals surface area (Å²) in [4.78, 5) is 24.8. The van der Waals surface area contributed by atoms with Crippen molar-refractivity contribution < 1.29 is 9.59 Å². The van der Waals surface area contributed by atoms with Crippen molar-refractivity contribution in [1.29, 1.82) is 0 Å². The quantitative estimate of drug-likeness (QED) is 0.249. The molecule has 0 unspecified atom stereocenters. The van der Waals surface area contributed by atoms with E-state index in [1.165, 1.54) is 44.1 Å². The molecule has 0 radical (unpaired) electrons. The Morgan fingerprint density at radius 2 is 1.41 bits per heavy atom. The van der Waals surface area contributed by atoms with E-state index < -0.39 is 0 Å². The third kappa shape index (κ3) is 6.89. The summed E-state index contributed by atoms with van der Waals surface area (Å²) in [5, 5.41) is 0. The van der Waals surface area contributed by atoms with Gasteiger partial charge in [0.25, 0.3) is 0 Å². The Labute approximate surface area is 194 Å². The molecule has 1 saturated carbocycles. The molecule has 0 spiro atoms. The van der Waals surface area contributed by atoms with Gasteiger partial charge in [-0.3, -0.25) is 9.59 Å². The third-order valence-corrected chi connectivity index (χ3v) is 7.07. The van der Waals surface area contributed by atoms with Crippen LogP contribution in [-0.2, 0) is 4.79 Å². The molecular formula is C30H40O2. The predicted octanol–water partition coefficient (Wildman–Crippen LogP) is 8.54. The molecule has 0 saturated heterocycles. The molecule has 2 aromatic rings. The van der Waals surface area contributed by atoms with Crippen molar-refractivity contribution in [2.45, 2.75) is 96.8 Å².